The first-order chi connectivity index (χ1) is 12.6. The van der Waals surface area contributed by atoms with Crippen molar-refractivity contribution >= 4 is 75.2 Å². The smallest absolute Gasteiger partial charge is 0.276 e. The highest BCUT2D eigenvalue weighted by molar-refractivity contribution is 6.56. The number of hydrogen-bond donors (Lipinski definition) is 1. The number of anilines is 1. The third kappa shape index (κ3) is 2.36. The molecule has 138 valence electrons. The van der Waals surface area contributed by atoms with Gasteiger partial charge in [-0.3, -0.25) is 19.4 Å². The molecule has 0 saturated carbocycles. The van der Waals surface area contributed by atoms with Gasteiger partial charge < -0.3 is 4.57 Å². The molecule has 1 aromatic carbocycles. The number of aryl methyl sites for hydroxylation is 2. The minimum Gasteiger partial charge on any atom is -0.344 e. The number of nitrogens with one attached hydrogen (secondary N) is 1. The fourth-order valence-electron chi connectivity index (χ4n) is 3.12. The van der Waals surface area contributed by atoms with Crippen molar-refractivity contribution in [1.82, 2.24) is 14.5 Å². The van der Waals surface area contributed by atoms with Crippen LogP contribution < -0.4 is 10.5 Å². The second-order valence-electron chi connectivity index (χ2n) is 5.96. The molecule has 0 radical (unpaired) electrons. The van der Waals surface area contributed by atoms with Gasteiger partial charge in [0, 0.05) is 13.2 Å². The van der Waals surface area contributed by atoms with Crippen LogP contribution in [0, 0.1) is 6.92 Å². The molecule has 1 N–H and O–H groups in total. The summed E-state index contributed by atoms with van der Waals surface area (Å²) >= 11 is 24.2. The van der Waals surface area contributed by atoms with Crippen molar-refractivity contribution in [2.24, 2.45) is 7.05 Å². The third-order valence-corrected chi connectivity index (χ3v) is 6.11. The van der Waals surface area contributed by atoms with E-state index in [9.17, 15) is 14.4 Å². The molecule has 7 nitrogen and oxygen atoms in total. The molecule has 27 heavy (non-hydrogen) atoms. The summed E-state index contributed by atoms with van der Waals surface area (Å²) < 4.78 is 1.61. The average Bonchev–Trinajstić information content (AvgIpc) is 3.04. The molecule has 0 bridgehead atoms. The summed E-state index contributed by atoms with van der Waals surface area (Å²) in [5, 5.41) is -0.663. The molecule has 0 saturated heterocycles. The largest absolute Gasteiger partial charge is 0.344 e. The average molecular weight is 446 g/mol. The number of amides is 2. The number of H-pyrrole nitrogens is 1. The molecule has 11 heteroatoms. The Labute approximate surface area is 171 Å². The zero-order valence-electron chi connectivity index (χ0n) is 13.7. The van der Waals surface area contributed by atoms with Crippen molar-refractivity contribution in [3.8, 4) is 0 Å². The summed E-state index contributed by atoms with van der Waals surface area (Å²) in [5.74, 6) is -1.86. The molecule has 0 unspecified atom stereocenters. The molecule has 0 atom stereocenters. The fraction of sp³-hybridized carbons (Fsp3) is 0.125. The molecule has 2 amide bonds. The van der Waals surface area contributed by atoms with Crippen LogP contribution in [0.2, 0.25) is 20.1 Å². The van der Waals surface area contributed by atoms with Gasteiger partial charge in [0.1, 0.15) is 11.0 Å². The van der Waals surface area contributed by atoms with Gasteiger partial charge in [-0.2, -0.15) is 0 Å². The Morgan fingerprint density at radius 3 is 1.96 bits per heavy atom. The van der Waals surface area contributed by atoms with Crippen molar-refractivity contribution in [2.75, 3.05) is 4.90 Å². The number of halogens is 4. The topological polar surface area (TPSA) is 88.1 Å². The van der Waals surface area contributed by atoms with E-state index in [0.717, 1.165) is 0 Å². The Hall–Kier alpha value is -2.06. The van der Waals surface area contributed by atoms with E-state index in [1.54, 1.807) is 24.7 Å². The van der Waals surface area contributed by atoms with Crippen molar-refractivity contribution in [3.63, 3.8) is 0 Å². The monoisotopic (exact) mass is 444 g/mol. The first-order valence-corrected chi connectivity index (χ1v) is 8.97. The number of fused-ring (bicyclic) bond motifs is 2. The number of carbonyl (C=O) groups is 2. The van der Waals surface area contributed by atoms with Crippen LogP contribution >= 0.6 is 46.4 Å². The maximum atomic E-state index is 12.9. The van der Waals surface area contributed by atoms with Gasteiger partial charge in [-0.05, 0) is 12.5 Å². The molecular formula is C16H8Cl4N4O3. The maximum Gasteiger partial charge on any atom is 0.276 e. The Morgan fingerprint density at radius 2 is 1.44 bits per heavy atom. The van der Waals surface area contributed by atoms with Crippen LogP contribution in [-0.2, 0) is 7.05 Å². The third-order valence-electron chi connectivity index (χ3n) is 4.31. The van der Waals surface area contributed by atoms with Crippen LogP contribution in [0.3, 0.4) is 0 Å². The fourth-order valence-corrected chi connectivity index (χ4v) is 4.14. The van der Waals surface area contributed by atoms with Crippen LogP contribution in [0.4, 0.5) is 5.95 Å². The number of imide groups is 1. The van der Waals surface area contributed by atoms with Crippen LogP contribution in [0.25, 0.3) is 11.0 Å². The maximum absolute atomic E-state index is 12.9. The molecule has 2 aromatic heterocycles. The molecule has 0 fully saturated rings. The second kappa shape index (κ2) is 5.97. The van der Waals surface area contributed by atoms with Gasteiger partial charge in [0.15, 0.2) is 0 Å². The summed E-state index contributed by atoms with van der Waals surface area (Å²) in [6, 6.07) is 0. The number of nitrogens with zero attached hydrogens (tertiary/aromatic N) is 3. The van der Waals surface area contributed by atoms with Crippen LogP contribution in [0.1, 0.15) is 26.3 Å². The van der Waals surface area contributed by atoms with E-state index in [0.29, 0.717) is 21.5 Å². The van der Waals surface area contributed by atoms with E-state index in [4.69, 9.17) is 46.4 Å². The van der Waals surface area contributed by atoms with Crippen molar-refractivity contribution in [3.05, 3.63) is 53.3 Å². The number of rotatable bonds is 1. The molecule has 1 aliphatic rings. The lowest BCUT2D eigenvalue weighted by Crippen LogP contribution is -2.33. The first-order valence-electron chi connectivity index (χ1n) is 7.45. The van der Waals surface area contributed by atoms with Gasteiger partial charge in [-0.15, -0.1) is 0 Å². The Bertz CT molecular complexity index is 1210. The Kier molecular flexibility index (Phi) is 4.05. The molecular weight excluding hydrogens is 438 g/mol. The summed E-state index contributed by atoms with van der Waals surface area (Å²) in [4.78, 5) is 45.6. The number of aromatic nitrogens is 3. The predicted octanol–water partition coefficient (Wildman–Crippen LogP) is 3.98. The van der Waals surface area contributed by atoms with Crippen molar-refractivity contribution in [1.29, 1.82) is 0 Å². The summed E-state index contributed by atoms with van der Waals surface area (Å²) in [6.07, 6.45) is 1.71. The van der Waals surface area contributed by atoms with E-state index in [1.165, 1.54) is 0 Å². The van der Waals surface area contributed by atoms with Gasteiger partial charge >= 0.3 is 0 Å². The number of aromatic amines is 1. The highest BCUT2D eigenvalue weighted by Crippen LogP contribution is 2.45. The van der Waals surface area contributed by atoms with Gasteiger partial charge in [0.05, 0.1) is 31.2 Å². The van der Waals surface area contributed by atoms with E-state index in [-0.39, 0.29) is 37.2 Å². The van der Waals surface area contributed by atoms with Gasteiger partial charge in [0.2, 0.25) is 5.95 Å². The minimum atomic E-state index is -0.809. The van der Waals surface area contributed by atoms with Crippen LogP contribution in [0.5, 0.6) is 0 Å². The normalized spacial score (nSPS) is 13.8. The highest BCUT2D eigenvalue weighted by Gasteiger charge is 2.43. The zero-order chi connectivity index (χ0) is 19.8. The summed E-state index contributed by atoms with van der Waals surface area (Å²) in [6.45, 7) is 1.76. The highest BCUT2D eigenvalue weighted by atomic mass is 35.5. The van der Waals surface area contributed by atoms with E-state index in [1.807, 2.05) is 0 Å². The number of hydrogen-bond acceptors (Lipinski definition) is 4. The molecule has 3 heterocycles. The Morgan fingerprint density at radius 1 is 0.926 bits per heavy atom. The number of carbonyl (C=O) groups excluding carboxylic acids is 2. The second-order valence-corrected chi connectivity index (χ2v) is 7.47. The zero-order valence-corrected chi connectivity index (χ0v) is 16.7. The van der Waals surface area contributed by atoms with Crippen LogP contribution in [0.15, 0.2) is 11.0 Å². The van der Waals surface area contributed by atoms with Gasteiger partial charge in [-0.1, -0.05) is 46.4 Å². The first kappa shape index (κ1) is 18.3. The predicted molar refractivity (Wildman–Crippen MR) is 104 cm³/mol. The lowest BCUT2D eigenvalue weighted by Gasteiger charge is -2.12. The SMILES string of the molecule is Cc1cn(C)c2c(=O)[nH]c(N3C(=O)c4c(Cl)c(Cl)c(Cl)c(Cl)c4C3=O)nc12. The Balaban J connectivity index is 1.98. The minimum absolute atomic E-state index is 0.138. The molecule has 3 aromatic rings. The van der Waals surface area contributed by atoms with Gasteiger partial charge in [0.25, 0.3) is 17.4 Å². The quantitative estimate of drug-likeness (QED) is 0.348. The lowest BCUT2D eigenvalue weighted by molar-refractivity contribution is 0.0924. The summed E-state index contributed by atoms with van der Waals surface area (Å²) in [5.41, 5.74) is 0.507. The van der Waals surface area contributed by atoms with Crippen molar-refractivity contribution in [2.45, 2.75) is 6.92 Å². The molecule has 0 spiro atoms. The van der Waals surface area contributed by atoms with E-state index < -0.39 is 17.4 Å². The summed E-state index contributed by atoms with van der Waals surface area (Å²) in [7, 11) is 1.69. The molecule has 4 rings (SSSR count). The van der Waals surface area contributed by atoms with Crippen LogP contribution in [-0.4, -0.2) is 26.3 Å². The molecule has 0 aliphatic carbocycles. The standard InChI is InChI=1S/C16H8Cl4N4O3/c1-4-3-23(2)12-11(4)21-16(22-13(12)25)24-14(26)5-6(15(24)27)8(18)10(20)9(19)7(5)17/h3H,1-2H3,(H,21,22,25). The van der Waals surface area contributed by atoms with Crippen molar-refractivity contribution < 1.29 is 9.59 Å². The van der Waals surface area contributed by atoms with E-state index >= 15 is 0 Å². The van der Waals surface area contributed by atoms with Gasteiger partial charge in [-0.25, -0.2) is 9.88 Å². The lowest BCUT2D eigenvalue weighted by atomic mass is 10.1. The van der Waals surface area contributed by atoms with E-state index in [2.05, 4.69) is 9.97 Å². The number of benzene rings is 1. The molecule has 1 aliphatic heterocycles.